The lowest BCUT2D eigenvalue weighted by Crippen LogP contribution is -2.22. The van der Waals surface area contributed by atoms with Gasteiger partial charge < -0.3 is 14.6 Å². The lowest BCUT2D eigenvalue weighted by Gasteiger charge is -2.16. The molecule has 0 aliphatic carbocycles. The highest BCUT2D eigenvalue weighted by Crippen LogP contribution is 2.23. The van der Waals surface area contributed by atoms with E-state index in [0.717, 1.165) is 24.7 Å². The van der Waals surface area contributed by atoms with Crippen LogP contribution in [0.4, 0.5) is 0 Å². The molecule has 1 heterocycles. The number of imidazole rings is 1. The van der Waals surface area contributed by atoms with Crippen molar-refractivity contribution in [2.75, 3.05) is 6.61 Å². The largest absolute Gasteiger partial charge is 0.491 e. The Balaban J connectivity index is 1.99. The van der Waals surface area contributed by atoms with Crippen LogP contribution in [-0.4, -0.2) is 22.2 Å². The van der Waals surface area contributed by atoms with Crippen molar-refractivity contribution >= 4 is 0 Å². The molecule has 0 radical (unpaired) electrons. The summed E-state index contributed by atoms with van der Waals surface area (Å²) in [4.78, 5) is 4.22. The molecule has 1 N–H and O–H groups in total. The minimum Gasteiger partial charge on any atom is -0.491 e. The van der Waals surface area contributed by atoms with Gasteiger partial charge in [-0.05, 0) is 19.4 Å². The predicted octanol–water partition coefficient (Wildman–Crippen LogP) is 3.08. The Hall–Kier alpha value is -1.81. The van der Waals surface area contributed by atoms with Crippen LogP contribution in [-0.2, 0) is 13.1 Å². The number of rotatable bonds is 7. The van der Waals surface area contributed by atoms with E-state index in [2.05, 4.69) is 53.8 Å². The fourth-order valence-electron chi connectivity index (χ4n) is 2.26. The lowest BCUT2D eigenvalue weighted by atomic mass is 10.1. The smallest absolute Gasteiger partial charge is 0.126 e. The van der Waals surface area contributed by atoms with E-state index in [0.29, 0.717) is 12.6 Å². The van der Waals surface area contributed by atoms with Crippen molar-refractivity contribution in [3.05, 3.63) is 47.5 Å². The van der Waals surface area contributed by atoms with Crippen molar-refractivity contribution in [3.8, 4) is 5.75 Å². The Morgan fingerprint density at radius 3 is 2.76 bits per heavy atom. The SMILES string of the molecule is Cc1cccc(CNC(C)C)c1OCCn1ccnc1C. The number of hydrogen-bond acceptors (Lipinski definition) is 3. The van der Waals surface area contributed by atoms with Gasteiger partial charge in [0.15, 0.2) is 0 Å². The summed E-state index contributed by atoms with van der Waals surface area (Å²) in [5.41, 5.74) is 2.39. The van der Waals surface area contributed by atoms with E-state index < -0.39 is 0 Å². The van der Waals surface area contributed by atoms with Crippen molar-refractivity contribution in [2.24, 2.45) is 0 Å². The fraction of sp³-hybridized carbons (Fsp3) is 0.471. The van der Waals surface area contributed by atoms with Crippen molar-refractivity contribution in [3.63, 3.8) is 0 Å². The van der Waals surface area contributed by atoms with Crippen molar-refractivity contribution in [2.45, 2.75) is 46.8 Å². The van der Waals surface area contributed by atoms with E-state index in [4.69, 9.17) is 4.74 Å². The van der Waals surface area contributed by atoms with Gasteiger partial charge in [0, 0.05) is 30.5 Å². The summed E-state index contributed by atoms with van der Waals surface area (Å²) in [6, 6.07) is 6.77. The Morgan fingerprint density at radius 1 is 1.29 bits per heavy atom. The average Bonchev–Trinajstić information content (AvgIpc) is 2.84. The van der Waals surface area contributed by atoms with Gasteiger partial charge in [-0.15, -0.1) is 0 Å². The number of benzene rings is 1. The molecule has 1 aromatic carbocycles. The van der Waals surface area contributed by atoms with Gasteiger partial charge in [-0.2, -0.15) is 0 Å². The molecule has 0 saturated carbocycles. The predicted molar refractivity (Wildman–Crippen MR) is 85.6 cm³/mol. The summed E-state index contributed by atoms with van der Waals surface area (Å²) < 4.78 is 8.14. The molecule has 0 bridgehead atoms. The zero-order valence-electron chi connectivity index (χ0n) is 13.4. The zero-order valence-corrected chi connectivity index (χ0v) is 13.4. The molecule has 0 saturated heterocycles. The molecule has 21 heavy (non-hydrogen) atoms. The maximum absolute atomic E-state index is 6.04. The van der Waals surface area contributed by atoms with Gasteiger partial charge in [0.05, 0.1) is 6.54 Å². The zero-order chi connectivity index (χ0) is 15.2. The number of nitrogens with zero attached hydrogens (tertiary/aromatic N) is 2. The van der Waals surface area contributed by atoms with Crippen LogP contribution in [0.1, 0.15) is 30.8 Å². The molecule has 0 atom stereocenters. The molecule has 0 aliphatic rings. The molecule has 0 unspecified atom stereocenters. The minimum atomic E-state index is 0.465. The fourth-order valence-corrected chi connectivity index (χ4v) is 2.26. The molecule has 114 valence electrons. The number of aryl methyl sites for hydroxylation is 2. The van der Waals surface area contributed by atoms with Gasteiger partial charge in [-0.1, -0.05) is 32.0 Å². The second-order valence-electron chi connectivity index (χ2n) is 5.62. The quantitative estimate of drug-likeness (QED) is 0.850. The normalized spacial score (nSPS) is 11.1. The highest BCUT2D eigenvalue weighted by atomic mass is 16.5. The Morgan fingerprint density at radius 2 is 2.10 bits per heavy atom. The third-order valence-electron chi connectivity index (χ3n) is 3.50. The summed E-state index contributed by atoms with van der Waals surface area (Å²) in [5.74, 6) is 2.02. The Kier molecular flexibility index (Phi) is 5.39. The molecule has 0 fully saturated rings. The molecule has 4 nitrogen and oxygen atoms in total. The molecule has 2 rings (SSSR count). The van der Waals surface area contributed by atoms with Gasteiger partial charge in [0.2, 0.25) is 0 Å². The van der Waals surface area contributed by atoms with Gasteiger partial charge in [-0.3, -0.25) is 0 Å². The number of hydrogen-bond donors (Lipinski definition) is 1. The van der Waals surface area contributed by atoms with Crippen LogP contribution >= 0.6 is 0 Å². The Labute approximate surface area is 127 Å². The third-order valence-corrected chi connectivity index (χ3v) is 3.50. The van der Waals surface area contributed by atoms with Crippen LogP contribution in [0.2, 0.25) is 0 Å². The summed E-state index contributed by atoms with van der Waals surface area (Å²) >= 11 is 0. The second kappa shape index (κ2) is 7.27. The lowest BCUT2D eigenvalue weighted by molar-refractivity contribution is 0.291. The maximum atomic E-state index is 6.04. The first-order valence-electron chi connectivity index (χ1n) is 7.50. The van der Waals surface area contributed by atoms with Gasteiger partial charge in [0.1, 0.15) is 18.2 Å². The summed E-state index contributed by atoms with van der Waals surface area (Å²) in [7, 11) is 0. The highest BCUT2D eigenvalue weighted by molar-refractivity contribution is 5.40. The average molecular weight is 287 g/mol. The Bertz CT molecular complexity index is 575. The monoisotopic (exact) mass is 287 g/mol. The van der Waals surface area contributed by atoms with Crippen LogP contribution in [0.25, 0.3) is 0 Å². The van der Waals surface area contributed by atoms with E-state index in [-0.39, 0.29) is 0 Å². The maximum Gasteiger partial charge on any atom is 0.126 e. The van der Waals surface area contributed by atoms with Gasteiger partial charge in [-0.25, -0.2) is 4.98 Å². The molecular formula is C17H25N3O. The van der Waals surface area contributed by atoms with Gasteiger partial charge >= 0.3 is 0 Å². The van der Waals surface area contributed by atoms with E-state index in [1.807, 2.05) is 19.3 Å². The van der Waals surface area contributed by atoms with Crippen molar-refractivity contribution in [1.82, 2.24) is 14.9 Å². The molecule has 4 heteroatoms. The second-order valence-corrected chi connectivity index (χ2v) is 5.62. The highest BCUT2D eigenvalue weighted by Gasteiger charge is 2.08. The van der Waals surface area contributed by atoms with E-state index >= 15 is 0 Å². The molecule has 0 spiro atoms. The van der Waals surface area contributed by atoms with Crippen molar-refractivity contribution < 1.29 is 4.74 Å². The number of nitrogens with one attached hydrogen (secondary N) is 1. The van der Waals surface area contributed by atoms with Crippen LogP contribution in [0, 0.1) is 13.8 Å². The van der Waals surface area contributed by atoms with Gasteiger partial charge in [0.25, 0.3) is 0 Å². The first-order chi connectivity index (χ1) is 10.1. The van der Waals surface area contributed by atoms with E-state index in [1.165, 1.54) is 11.1 Å². The van der Waals surface area contributed by atoms with Crippen LogP contribution in [0.5, 0.6) is 5.75 Å². The number of ether oxygens (including phenoxy) is 1. The molecule has 0 amide bonds. The first kappa shape index (κ1) is 15.6. The minimum absolute atomic E-state index is 0.465. The molecule has 1 aromatic heterocycles. The topological polar surface area (TPSA) is 39.1 Å². The van der Waals surface area contributed by atoms with Crippen LogP contribution in [0.3, 0.4) is 0 Å². The standard InChI is InChI=1S/C17H25N3O/c1-13(2)19-12-16-7-5-6-14(3)17(16)21-11-10-20-9-8-18-15(20)4/h5-9,13,19H,10-12H2,1-4H3. The summed E-state index contributed by atoms with van der Waals surface area (Å²) in [6.45, 7) is 10.7. The molecule has 0 aliphatic heterocycles. The van der Waals surface area contributed by atoms with E-state index in [9.17, 15) is 0 Å². The number of aromatic nitrogens is 2. The summed E-state index contributed by atoms with van der Waals surface area (Å²) in [6.07, 6.45) is 3.80. The van der Waals surface area contributed by atoms with E-state index in [1.54, 1.807) is 0 Å². The van der Waals surface area contributed by atoms with Crippen molar-refractivity contribution in [1.29, 1.82) is 0 Å². The summed E-state index contributed by atoms with van der Waals surface area (Å²) in [5, 5.41) is 3.45. The number of para-hydroxylation sites is 1. The molecule has 2 aromatic rings. The van der Waals surface area contributed by atoms with Crippen LogP contribution in [0.15, 0.2) is 30.6 Å². The first-order valence-corrected chi connectivity index (χ1v) is 7.50. The molecular weight excluding hydrogens is 262 g/mol. The third kappa shape index (κ3) is 4.33. The van der Waals surface area contributed by atoms with Crippen LogP contribution < -0.4 is 10.1 Å².